The maximum absolute atomic E-state index is 13.2. The molecule has 2 aromatic carbocycles. The van der Waals surface area contributed by atoms with E-state index in [1.165, 1.54) is 24.4 Å². The van der Waals surface area contributed by atoms with Gasteiger partial charge in [-0.3, -0.25) is 4.98 Å². The minimum atomic E-state index is -1.29. The molecular formula is C20H13Cl2FNNaO3. The quantitative estimate of drug-likeness (QED) is 0.552. The molecule has 3 rings (SSSR count). The van der Waals surface area contributed by atoms with Crippen LogP contribution < -0.4 is 39.4 Å². The van der Waals surface area contributed by atoms with Gasteiger partial charge in [-0.15, -0.1) is 0 Å². The molecule has 8 heteroatoms. The van der Waals surface area contributed by atoms with Crippen molar-refractivity contribution in [1.29, 1.82) is 0 Å². The normalized spacial score (nSPS) is 10.2. The van der Waals surface area contributed by atoms with Crippen LogP contribution >= 0.6 is 23.2 Å². The van der Waals surface area contributed by atoms with Crippen molar-refractivity contribution >= 4 is 29.2 Å². The molecule has 0 saturated heterocycles. The molecule has 0 amide bonds. The fourth-order valence-corrected chi connectivity index (χ4v) is 2.95. The zero-order valence-electron chi connectivity index (χ0n) is 14.9. The third-order valence-electron chi connectivity index (χ3n) is 3.85. The average Bonchev–Trinajstić information content (AvgIpc) is 2.62. The number of carbonyl (C=O) groups excluding carboxylic acids is 1. The third kappa shape index (κ3) is 5.93. The number of pyridine rings is 1. The second-order valence-electron chi connectivity index (χ2n) is 5.82. The Labute approximate surface area is 193 Å². The smallest absolute Gasteiger partial charge is 0.545 e. The van der Waals surface area contributed by atoms with Gasteiger partial charge in [0.25, 0.3) is 0 Å². The standard InChI is InChI=1S/C20H14Cl2FNO3.Na/c21-16-2-4-19(27-11-13-1-3-17(23)8-18(13)22)14(7-16)5-12-6-15(20(25)26)10-24-9-12;/h1-4,6-10H,5,11H2,(H,25,26);/q;+1/p-1. The van der Waals surface area contributed by atoms with E-state index in [0.29, 0.717) is 28.3 Å². The number of hydrogen-bond acceptors (Lipinski definition) is 4. The Morgan fingerprint density at radius 3 is 2.57 bits per heavy atom. The van der Waals surface area contributed by atoms with Gasteiger partial charge in [0, 0.05) is 40.5 Å². The van der Waals surface area contributed by atoms with Gasteiger partial charge in [-0.05, 0) is 42.0 Å². The van der Waals surface area contributed by atoms with E-state index in [4.69, 9.17) is 27.9 Å². The van der Waals surface area contributed by atoms with Crippen molar-refractivity contribution in [2.24, 2.45) is 0 Å². The second-order valence-corrected chi connectivity index (χ2v) is 6.67. The van der Waals surface area contributed by atoms with Crippen molar-refractivity contribution in [3.63, 3.8) is 0 Å². The van der Waals surface area contributed by atoms with Crippen LogP contribution in [0.1, 0.15) is 27.0 Å². The molecule has 0 fully saturated rings. The second kappa shape index (κ2) is 10.2. The fourth-order valence-electron chi connectivity index (χ4n) is 2.54. The van der Waals surface area contributed by atoms with Crippen molar-refractivity contribution in [2.75, 3.05) is 0 Å². The molecule has 0 aliphatic heterocycles. The summed E-state index contributed by atoms with van der Waals surface area (Å²) in [5.74, 6) is -1.16. The zero-order valence-corrected chi connectivity index (χ0v) is 18.4. The van der Waals surface area contributed by atoms with Crippen LogP contribution in [0.25, 0.3) is 0 Å². The molecule has 0 aliphatic rings. The summed E-state index contributed by atoms with van der Waals surface area (Å²) in [6.45, 7) is 0.144. The Morgan fingerprint density at radius 2 is 1.86 bits per heavy atom. The Bertz CT molecular complexity index is 1000. The van der Waals surface area contributed by atoms with Gasteiger partial charge in [0.2, 0.25) is 0 Å². The summed E-state index contributed by atoms with van der Waals surface area (Å²) < 4.78 is 19.0. The average molecular weight is 428 g/mol. The predicted octanol–water partition coefficient (Wildman–Crippen LogP) is 1.06. The Balaban J connectivity index is 0.00000280. The summed E-state index contributed by atoms with van der Waals surface area (Å²) in [5.41, 5.74) is 2.05. The summed E-state index contributed by atoms with van der Waals surface area (Å²) in [7, 11) is 0. The van der Waals surface area contributed by atoms with E-state index in [-0.39, 0.29) is 46.8 Å². The summed E-state index contributed by atoms with van der Waals surface area (Å²) >= 11 is 12.1. The first-order chi connectivity index (χ1) is 12.9. The topological polar surface area (TPSA) is 62.2 Å². The number of hydrogen-bond donors (Lipinski definition) is 0. The fraction of sp³-hybridized carbons (Fsp3) is 0.100. The number of rotatable bonds is 6. The van der Waals surface area contributed by atoms with E-state index in [2.05, 4.69) is 4.98 Å². The van der Waals surface area contributed by atoms with E-state index < -0.39 is 11.8 Å². The van der Waals surface area contributed by atoms with Crippen molar-refractivity contribution in [3.8, 4) is 5.75 Å². The Hall–Kier alpha value is -1.63. The summed E-state index contributed by atoms with van der Waals surface area (Å²) in [6.07, 6.45) is 3.15. The molecule has 3 aromatic rings. The molecule has 1 heterocycles. The van der Waals surface area contributed by atoms with Crippen molar-refractivity contribution < 1.29 is 48.6 Å². The molecule has 4 nitrogen and oxygen atoms in total. The molecule has 0 saturated carbocycles. The van der Waals surface area contributed by atoms with Gasteiger partial charge in [0.15, 0.2) is 0 Å². The van der Waals surface area contributed by atoms with Crippen LogP contribution in [0.15, 0.2) is 54.9 Å². The van der Waals surface area contributed by atoms with Crippen LogP contribution in [-0.4, -0.2) is 11.0 Å². The molecule has 0 atom stereocenters. The molecule has 0 aliphatic carbocycles. The van der Waals surface area contributed by atoms with Crippen LogP contribution in [0, 0.1) is 5.82 Å². The van der Waals surface area contributed by atoms with Gasteiger partial charge in [-0.2, -0.15) is 0 Å². The van der Waals surface area contributed by atoms with Gasteiger partial charge < -0.3 is 14.6 Å². The first-order valence-electron chi connectivity index (χ1n) is 7.93. The number of aromatic carboxylic acids is 1. The van der Waals surface area contributed by atoms with E-state index in [0.717, 1.165) is 5.56 Å². The number of aromatic nitrogens is 1. The predicted molar refractivity (Wildman–Crippen MR) is 98.6 cm³/mol. The number of carboxylic acid groups (broad SMARTS) is 1. The van der Waals surface area contributed by atoms with Crippen LogP contribution in [0.2, 0.25) is 10.0 Å². The zero-order chi connectivity index (χ0) is 19.4. The molecule has 0 bridgehead atoms. The van der Waals surface area contributed by atoms with Crippen molar-refractivity contribution in [1.82, 2.24) is 4.98 Å². The molecule has 1 aromatic heterocycles. The van der Waals surface area contributed by atoms with E-state index in [1.54, 1.807) is 30.5 Å². The SMILES string of the molecule is O=C([O-])c1cncc(Cc2cc(Cl)ccc2OCc2ccc(F)cc2Cl)c1.[Na+]. The number of nitrogens with zero attached hydrogens (tertiary/aromatic N) is 1. The van der Waals surface area contributed by atoms with E-state index in [1.807, 2.05) is 0 Å². The maximum atomic E-state index is 13.2. The number of ether oxygens (including phenoxy) is 1. The molecule has 0 unspecified atom stereocenters. The van der Waals surface area contributed by atoms with Gasteiger partial charge in [0.05, 0.1) is 11.0 Å². The van der Waals surface area contributed by atoms with Crippen LogP contribution in [0.4, 0.5) is 4.39 Å². The van der Waals surface area contributed by atoms with E-state index >= 15 is 0 Å². The number of halogens is 3. The molecule has 0 radical (unpaired) electrons. The minimum absolute atomic E-state index is 0. The van der Waals surface area contributed by atoms with Gasteiger partial charge in [0.1, 0.15) is 18.2 Å². The van der Waals surface area contributed by atoms with Crippen LogP contribution in [0.5, 0.6) is 5.75 Å². The largest absolute Gasteiger partial charge is 1.00 e. The Morgan fingerprint density at radius 1 is 1.07 bits per heavy atom. The van der Waals surface area contributed by atoms with Crippen molar-refractivity contribution in [3.05, 3.63) is 93.0 Å². The first kappa shape index (κ1) is 22.7. The van der Waals surface area contributed by atoms with E-state index in [9.17, 15) is 14.3 Å². The Kier molecular flexibility index (Phi) is 8.28. The minimum Gasteiger partial charge on any atom is -0.545 e. The van der Waals surface area contributed by atoms with Gasteiger partial charge in [-0.1, -0.05) is 29.3 Å². The molecular weight excluding hydrogens is 415 g/mol. The molecule has 0 N–H and O–H groups in total. The molecule has 138 valence electrons. The number of carboxylic acids is 1. The maximum Gasteiger partial charge on any atom is 1.00 e. The number of carbonyl (C=O) groups is 1. The van der Waals surface area contributed by atoms with Crippen LogP contribution in [-0.2, 0) is 13.0 Å². The van der Waals surface area contributed by atoms with Crippen molar-refractivity contribution in [2.45, 2.75) is 13.0 Å². The van der Waals surface area contributed by atoms with Gasteiger partial charge in [-0.25, -0.2) is 4.39 Å². The summed E-state index contributed by atoms with van der Waals surface area (Å²) in [5, 5.41) is 11.8. The third-order valence-corrected chi connectivity index (χ3v) is 4.43. The van der Waals surface area contributed by atoms with Crippen LogP contribution in [0.3, 0.4) is 0 Å². The monoisotopic (exact) mass is 427 g/mol. The van der Waals surface area contributed by atoms with Gasteiger partial charge >= 0.3 is 29.6 Å². The summed E-state index contributed by atoms with van der Waals surface area (Å²) in [4.78, 5) is 14.9. The first-order valence-corrected chi connectivity index (χ1v) is 8.68. The molecule has 28 heavy (non-hydrogen) atoms. The molecule has 0 spiro atoms. The summed E-state index contributed by atoms with van der Waals surface area (Å²) in [6, 6.07) is 10.7. The number of benzene rings is 2.